The molecule has 0 amide bonds. The first-order chi connectivity index (χ1) is 6.86. The van der Waals surface area contributed by atoms with Crippen molar-refractivity contribution in [1.29, 1.82) is 0 Å². The van der Waals surface area contributed by atoms with Crippen molar-refractivity contribution < 1.29 is 18.3 Å². The normalized spacial score (nSPS) is 14.0. The summed E-state index contributed by atoms with van der Waals surface area (Å²) in [6, 6.07) is 3.21. The van der Waals surface area contributed by atoms with Crippen molar-refractivity contribution in [2.75, 3.05) is 6.54 Å². The summed E-state index contributed by atoms with van der Waals surface area (Å²) < 4.78 is 36.9. The Hall–Kier alpha value is -1.07. The van der Waals surface area contributed by atoms with E-state index in [1.807, 2.05) is 0 Å². The molecule has 0 heterocycles. The van der Waals surface area contributed by atoms with E-state index in [9.17, 15) is 18.3 Å². The first-order valence-corrected chi connectivity index (χ1v) is 4.42. The lowest BCUT2D eigenvalue weighted by Crippen LogP contribution is -2.13. The lowest BCUT2D eigenvalue weighted by atomic mass is 10.0. The highest BCUT2D eigenvalue weighted by Crippen LogP contribution is 2.31. The third-order valence-corrected chi connectivity index (χ3v) is 2.18. The molecule has 1 aromatic carbocycles. The van der Waals surface area contributed by atoms with Gasteiger partial charge in [0.05, 0.1) is 11.7 Å². The number of nitrogens with two attached hydrogens (primary N) is 1. The number of halogens is 3. The Kier molecular flexibility index (Phi) is 3.36. The van der Waals surface area contributed by atoms with Gasteiger partial charge in [-0.3, -0.25) is 0 Å². The molecule has 0 spiro atoms. The van der Waals surface area contributed by atoms with Crippen LogP contribution >= 0.6 is 0 Å². The van der Waals surface area contributed by atoms with Crippen molar-refractivity contribution in [2.45, 2.75) is 19.2 Å². The molecule has 1 aromatic rings. The van der Waals surface area contributed by atoms with Gasteiger partial charge in [0.15, 0.2) is 0 Å². The highest BCUT2D eigenvalue weighted by atomic mass is 19.4. The first kappa shape index (κ1) is 12.0. The van der Waals surface area contributed by atoms with Gasteiger partial charge in [0.1, 0.15) is 0 Å². The molecule has 0 saturated heterocycles. The highest BCUT2D eigenvalue weighted by Gasteiger charge is 2.30. The summed E-state index contributed by atoms with van der Waals surface area (Å²) in [6.45, 7) is 1.51. The van der Waals surface area contributed by atoms with Gasteiger partial charge in [-0.25, -0.2) is 0 Å². The number of aryl methyl sites for hydroxylation is 1. The Balaban J connectivity index is 3.09. The van der Waals surface area contributed by atoms with Crippen LogP contribution < -0.4 is 5.73 Å². The van der Waals surface area contributed by atoms with Crippen molar-refractivity contribution in [3.05, 3.63) is 34.9 Å². The van der Waals surface area contributed by atoms with Gasteiger partial charge in [-0.2, -0.15) is 13.2 Å². The number of alkyl halides is 3. The van der Waals surface area contributed by atoms with Crippen molar-refractivity contribution in [3.63, 3.8) is 0 Å². The second-order valence-electron chi connectivity index (χ2n) is 3.32. The molecule has 0 aliphatic heterocycles. The second-order valence-corrected chi connectivity index (χ2v) is 3.32. The van der Waals surface area contributed by atoms with Gasteiger partial charge < -0.3 is 10.8 Å². The Morgan fingerprint density at radius 3 is 2.40 bits per heavy atom. The van der Waals surface area contributed by atoms with Crippen LogP contribution in [0.25, 0.3) is 0 Å². The van der Waals surface area contributed by atoms with Crippen LogP contribution in [0, 0.1) is 6.92 Å². The molecule has 1 rings (SSSR count). The number of hydrogen-bond donors (Lipinski definition) is 2. The van der Waals surface area contributed by atoms with E-state index in [0.29, 0.717) is 11.1 Å². The molecule has 5 heteroatoms. The molecule has 15 heavy (non-hydrogen) atoms. The number of aliphatic hydroxyl groups excluding tert-OH is 1. The maximum atomic E-state index is 12.3. The van der Waals surface area contributed by atoms with Gasteiger partial charge in [-0.05, 0) is 30.2 Å². The lowest BCUT2D eigenvalue weighted by molar-refractivity contribution is -0.137. The second kappa shape index (κ2) is 4.20. The monoisotopic (exact) mass is 219 g/mol. The number of rotatable bonds is 2. The molecule has 1 atom stereocenters. The van der Waals surface area contributed by atoms with E-state index in [-0.39, 0.29) is 6.54 Å². The summed E-state index contributed by atoms with van der Waals surface area (Å²) in [5.41, 5.74) is 5.34. The van der Waals surface area contributed by atoms with E-state index >= 15 is 0 Å². The van der Waals surface area contributed by atoms with Crippen LogP contribution in [-0.2, 0) is 6.18 Å². The maximum absolute atomic E-state index is 12.3. The van der Waals surface area contributed by atoms with Crippen LogP contribution in [0.2, 0.25) is 0 Å². The van der Waals surface area contributed by atoms with Gasteiger partial charge in [-0.15, -0.1) is 0 Å². The predicted molar refractivity (Wildman–Crippen MR) is 50.2 cm³/mol. The molecule has 0 aliphatic carbocycles. The van der Waals surface area contributed by atoms with E-state index in [0.717, 1.165) is 12.1 Å². The van der Waals surface area contributed by atoms with Gasteiger partial charge in [-0.1, -0.05) is 6.07 Å². The van der Waals surface area contributed by atoms with E-state index in [4.69, 9.17) is 5.73 Å². The summed E-state index contributed by atoms with van der Waals surface area (Å²) in [4.78, 5) is 0. The number of aliphatic hydroxyl groups is 1. The zero-order valence-electron chi connectivity index (χ0n) is 8.17. The smallest absolute Gasteiger partial charge is 0.387 e. The molecule has 0 radical (unpaired) electrons. The predicted octanol–water partition coefficient (Wildman–Crippen LogP) is 2.01. The summed E-state index contributed by atoms with van der Waals surface area (Å²) in [7, 11) is 0. The zero-order chi connectivity index (χ0) is 11.6. The Morgan fingerprint density at radius 1 is 1.40 bits per heavy atom. The Morgan fingerprint density at radius 2 is 2.00 bits per heavy atom. The van der Waals surface area contributed by atoms with E-state index in [2.05, 4.69) is 0 Å². The highest BCUT2D eigenvalue weighted by molar-refractivity contribution is 5.34. The molecule has 0 aliphatic rings. The third-order valence-electron chi connectivity index (χ3n) is 2.18. The summed E-state index contributed by atoms with van der Waals surface area (Å²) in [5.74, 6) is 0. The number of benzene rings is 1. The maximum Gasteiger partial charge on any atom is 0.416 e. The van der Waals surface area contributed by atoms with E-state index < -0.39 is 17.8 Å². The fourth-order valence-corrected chi connectivity index (χ4v) is 1.35. The topological polar surface area (TPSA) is 46.2 Å². The van der Waals surface area contributed by atoms with E-state index in [1.165, 1.54) is 13.0 Å². The minimum atomic E-state index is -4.35. The number of hydrogen-bond acceptors (Lipinski definition) is 2. The summed E-state index contributed by atoms with van der Waals surface area (Å²) in [6.07, 6.45) is -5.26. The molecule has 3 N–H and O–H groups in total. The van der Waals surface area contributed by atoms with Gasteiger partial charge >= 0.3 is 6.18 Å². The van der Waals surface area contributed by atoms with E-state index in [1.54, 1.807) is 0 Å². The van der Waals surface area contributed by atoms with Crippen LogP contribution in [0.3, 0.4) is 0 Å². The first-order valence-electron chi connectivity index (χ1n) is 4.42. The van der Waals surface area contributed by atoms with Crippen LogP contribution in [0.4, 0.5) is 13.2 Å². The van der Waals surface area contributed by atoms with Crippen molar-refractivity contribution >= 4 is 0 Å². The quantitative estimate of drug-likeness (QED) is 0.799. The van der Waals surface area contributed by atoms with Crippen molar-refractivity contribution in [1.82, 2.24) is 0 Å². The molecule has 84 valence electrons. The molecule has 0 aromatic heterocycles. The lowest BCUT2D eigenvalue weighted by Gasteiger charge is -2.14. The van der Waals surface area contributed by atoms with Gasteiger partial charge in [0.25, 0.3) is 0 Å². The zero-order valence-corrected chi connectivity index (χ0v) is 8.17. The van der Waals surface area contributed by atoms with Crippen molar-refractivity contribution in [3.8, 4) is 0 Å². The molecule has 2 nitrogen and oxygen atoms in total. The molecular weight excluding hydrogens is 207 g/mol. The minimum absolute atomic E-state index is 0.00773. The Labute approximate surface area is 85.5 Å². The van der Waals surface area contributed by atoms with Crippen LogP contribution in [-0.4, -0.2) is 11.7 Å². The third kappa shape index (κ3) is 2.70. The molecular formula is C10H12F3NO. The van der Waals surface area contributed by atoms with Crippen molar-refractivity contribution in [2.24, 2.45) is 5.73 Å². The largest absolute Gasteiger partial charge is 0.416 e. The van der Waals surface area contributed by atoms with Gasteiger partial charge in [0.2, 0.25) is 0 Å². The molecule has 0 bridgehead atoms. The Bertz CT molecular complexity index is 349. The minimum Gasteiger partial charge on any atom is -0.387 e. The fourth-order valence-electron chi connectivity index (χ4n) is 1.35. The SMILES string of the molecule is Cc1cc(C(F)(F)F)ccc1[C@@H](O)CN. The van der Waals surface area contributed by atoms with Gasteiger partial charge in [0, 0.05) is 6.54 Å². The molecule has 0 fully saturated rings. The molecule has 0 saturated carbocycles. The van der Waals surface area contributed by atoms with Crippen LogP contribution in [0.5, 0.6) is 0 Å². The average molecular weight is 219 g/mol. The summed E-state index contributed by atoms with van der Waals surface area (Å²) in [5, 5.41) is 9.40. The molecule has 0 unspecified atom stereocenters. The fraction of sp³-hybridized carbons (Fsp3) is 0.400. The standard InChI is InChI=1S/C10H12F3NO/c1-6-4-7(10(11,12)13)2-3-8(6)9(15)5-14/h2-4,9,15H,5,14H2,1H3/t9-/m0/s1. The van der Waals surface area contributed by atoms with Crippen LogP contribution in [0.15, 0.2) is 18.2 Å². The van der Waals surface area contributed by atoms with Crippen LogP contribution in [0.1, 0.15) is 22.8 Å². The summed E-state index contributed by atoms with van der Waals surface area (Å²) >= 11 is 0. The average Bonchev–Trinajstić information content (AvgIpc) is 2.15.